The molecule has 0 radical (unpaired) electrons. The highest BCUT2D eigenvalue weighted by Gasteiger charge is 2.34. The molecule has 0 bridgehead atoms. The number of nitrogens with zero attached hydrogens (tertiary/aromatic N) is 2. The summed E-state index contributed by atoms with van der Waals surface area (Å²) in [7, 11) is -1.94. The molecule has 10 nitrogen and oxygen atoms in total. The molecule has 3 atom stereocenters. The molecule has 0 spiro atoms. The van der Waals surface area contributed by atoms with Crippen molar-refractivity contribution in [3.63, 3.8) is 0 Å². The standard InChI is InChI=1S/C24H38N4O6S/c1-16-13-28(17(2)15-29)23(30)20-12-19(26-24(31)25-18-8-6-5-7-9-18)10-11-21(20)34-22(16)14-27(3)35(4,32)33/h10-12,16-18,22,29H,5-9,13-15H2,1-4H3,(H2,25,26,31)/t16-,17-,22-/m0/s1. The maximum atomic E-state index is 13.5. The number of hydrogen-bond donors (Lipinski definition) is 3. The fourth-order valence-corrected chi connectivity index (χ4v) is 4.92. The van der Waals surface area contributed by atoms with Crippen molar-refractivity contribution in [2.45, 2.75) is 64.1 Å². The molecule has 3 amide bonds. The van der Waals surface area contributed by atoms with E-state index in [1.807, 2.05) is 6.92 Å². The zero-order chi connectivity index (χ0) is 25.8. The Bertz CT molecular complexity index is 1010. The fraction of sp³-hybridized carbons (Fsp3) is 0.667. The number of amides is 3. The number of hydrogen-bond acceptors (Lipinski definition) is 6. The Morgan fingerprint density at radius 1 is 1.29 bits per heavy atom. The summed E-state index contributed by atoms with van der Waals surface area (Å²) in [6.45, 7) is 3.82. The summed E-state index contributed by atoms with van der Waals surface area (Å²) in [5, 5.41) is 15.6. The van der Waals surface area contributed by atoms with Crippen LogP contribution in [0.25, 0.3) is 0 Å². The van der Waals surface area contributed by atoms with Gasteiger partial charge in [-0.1, -0.05) is 26.2 Å². The van der Waals surface area contributed by atoms with E-state index >= 15 is 0 Å². The first-order valence-electron chi connectivity index (χ1n) is 12.2. The maximum Gasteiger partial charge on any atom is 0.319 e. The molecule has 0 unspecified atom stereocenters. The zero-order valence-electron chi connectivity index (χ0n) is 21.0. The summed E-state index contributed by atoms with van der Waals surface area (Å²) in [4.78, 5) is 27.6. The summed E-state index contributed by atoms with van der Waals surface area (Å²) < 4.78 is 31.4. The molecule has 1 heterocycles. The minimum Gasteiger partial charge on any atom is -0.488 e. The SMILES string of the molecule is C[C@H]1CN([C@@H](C)CO)C(=O)c2cc(NC(=O)NC3CCCCC3)ccc2O[C@H]1CN(C)S(C)(=O)=O. The van der Waals surface area contributed by atoms with E-state index in [0.29, 0.717) is 11.4 Å². The van der Waals surface area contributed by atoms with Gasteiger partial charge in [-0.25, -0.2) is 17.5 Å². The van der Waals surface area contributed by atoms with Crippen LogP contribution in [0.15, 0.2) is 18.2 Å². The van der Waals surface area contributed by atoms with Gasteiger partial charge in [0.1, 0.15) is 11.9 Å². The van der Waals surface area contributed by atoms with Gasteiger partial charge in [-0.15, -0.1) is 0 Å². The second-order valence-electron chi connectivity index (χ2n) is 9.81. The third kappa shape index (κ3) is 7.08. The molecule has 1 aromatic rings. The third-order valence-electron chi connectivity index (χ3n) is 6.87. The van der Waals surface area contributed by atoms with Crippen molar-refractivity contribution < 1.29 is 27.9 Å². The number of anilines is 1. The average molecular weight is 511 g/mol. The Balaban J connectivity index is 1.87. The normalized spacial score (nSPS) is 22.6. The van der Waals surface area contributed by atoms with Gasteiger partial charge in [-0.3, -0.25) is 4.79 Å². The molecule has 0 saturated heterocycles. The van der Waals surface area contributed by atoms with Crippen molar-refractivity contribution in [2.75, 3.05) is 38.3 Å². The number of carbonyl (C=O) groups is 2. The van der Waals surface area contributed by atoms with E-state index in [2.05, 4.69) is 10.6 Å². The van der Waals surface area contributed by atoms with E-state index in [1.165, 1.54) is 17.8 Å². The Kier molecular flexibility index (Phi) is 9.00. The number of likely N-dealkylation sites (N-methyl/N-ethyl adjacent to an activating group) is 1. The zero-order valence-corrected chi connectivity index (χ0v) is 21.8. The number of fused-ring (bicyclic) bond motifs is 1. The van der Waals surface area contributed by atoms with Crippen molar-refractivity contribution in [3.8, 4) is 5.75 Å². The lowest BCUT2D eigenvalue weighted by Gasteiger charge is -2.38. The second kappa shape index (κ2) is 11.6. The molecule has 1 aliphatic carbocycles. The van der Waals surface area contributed by atoms with E-state index in [9.17, 15) is 23.1 Å². The number of benzene rings is 1. The van der Waals surface area contributed by atoms with Gasteiger partial charge in [-0.05, 0) is 38.0 Å². The number of nitrogens with one attached hydrogen (secondary N) is 2. The molecule has 35 heavy (non-hydrogen) atoms. The average Bonchev–Trinajstić information content (AvgIpc) is 2.81. The Hall–Kier alpha value is -2.37. The van der Waals surface area contributed by atoms with E-state index in [-0.39, 0.29) is 49.2 Å². The molecule has 1 aromatic carbocycles. The van der Waals surface area contributed by atoms with Gasteiger partial charge >= 0.3 is 6.03 Å². The molecule has 3 N–H and O–H groups in total. The summed E-state index contributed by atoms with van der Waals surface area (Å²) in [6, 6.07) is 4.23. The lowest BCUT2D eigenvalue weighted by Crippen LogP contribution is -2.50. The van der Waals surface area contributed by atoms with Crippen molar-refractivity contribution in [2.24, 2.45) is 5.92 Å². The number of rotatable bonds is 7. The maximum absolute atomic E-state index is 13.5. The van der Waals surface area contributed by atoms with E-state index in [0.717, 1.165) is 31.9 Å². The number of urea groups is 1. The van der Waals surface area contributed by atoms with Crippen molar-refractivity contribution in [3.05, 3.63) is 23.8 Å². The number of sulfonamides is 1. The number of aliphatic hydroxyl groups is 1. The van der Waals surface area contributed by atoms with Crippen molar-refractivity contribution in [1.29, 1.82) is 0 Å². The first kappa shape index (κ1) is 27.2. The van der Waals surface area contributed by atoms with Gasteiger partial charge in [0.05, 0.1) is 31.0 Å². The van der Waals surface area contributed by atoms with Gasteiger partial charge in [0, 0.05) is 31.2 Å². The smallest absolute Gasteiger partial charge is 0.319 e. The molecule has 1 aliphatic heterocycles. The first-order chi connectivity index (χ1) is 16.5. The summed E-state index contributed by atoms with van der Waals surface area (Å²) in [6.07, 6.45) is 5.91. The van der Waals surface area contributed by atoms with Crippen LogP contribution >= 0.6 is 0 Å². The van der Waals surface area contributed by atoms with Crippen LogP contribution in [0.4, 0.5) is 10.5 Å². The molecule has 0 aromatic heterocycles. The highest BCUT2D eigenvalue weighted by atomic mass is 32.2. The largest absolute Gasteiger partial charge is 0.488 e. The molecular formula is C24H38N4O6S. The van der Waals surface area contributed by atoms with Crippen LogP contribution in [-0.2, 0) is 10.0 Å². The third-order valence-corrected chi connectivity index (χ3v) is 8.15. The summed E-state index contributed by atoms with van der Waals surface area (Å²) >= 11 is 0. The fourth-order valence-electron chi connectivity index (χ4n) is 4.51. The minimum atomic E-state index is -3.42. The molecule has 1 fully saturated rings. The molecule has 1 saturated carbocycles. The van der Waals surface area contributed by atoms with Crippen LogP contribution in [-0.4, -0.2) is 85.9 Å². The van der Waals surface area contributed by atoms with Gasteiger partial charge in [-0.2, -0.15) is 0 Å². The molecule has 196 valence electrons. The van der Waals surface area contributed by atoms with Crippen LogP contribution in [0.3, 0.4) is 0 Å². The monoisotopic (exact) mass is 510 g/mol. The predicted octanol–water partition coefficient (Wildman–Crippen LogP) is 2.25. The quantitative estimate of drug-likeness (QED) is 0.516. The van der Waals surface area contributed by atoms with Gasteiger partial charge in [0.25, 0.3) is 5.91 Å². The first-order valence-corrected chi connectivity index (χ1v) is 14.1. The molecule has 3 rings (SSSR count). The minimum absolute atomic E-state index is 0.110. The topological polar surface area (TPSA) is 128 Å². The highest BCUT2D eigenvalue weighted by Crippen LogP contribution is 2.31. The van der Waals surface area contributed by atoms with Crippen LogP contribution in [0.1, 0.15) is 56.3 Å². The highest BCUT2D eigenvalue weighted by molar-refractivity contribution is 7.88. The predicted molar refractivity (Wildman–Crippen MR) is 134 cm³/mol. The van der Waals surface area contributed by atoms with E-state index in [1.54, 1.807) is 30.0 Å². The number of ether oxygens (including phenoxy) is 1. The molecule has 2 aliphatic rings. The van der Waals surface area contributed by atoms with Gasteiger partial charge in [0.15, 0.2) is 0 Å². The van der Waals surface area contributed by atoms with Crippen LogP contribution in [0, 0.1) is 5.92 Å². The van der Waals surface area contributed by atoms with Crippen LogP contribution in [0.5, 0.6) is 5.75 Å². The van der Waals surface area contributed by atoms with E-state index < -0.39 is 22.2 Å². The lowest BCUT2D eigenvalue weighted by atomic mass is 9.96. The van der Waals surface area contributed by atoms with Crippen molar-refractivity contribution in [1.82, 2.24) is 14.5 Å². The van der Waals surface area contributed by atoms with Crippen LogP contribution < -0.4 is 15.4 Å². The lowest BCUT2D eigenvalue weighted by molar-refractivity contribution is 0.0387. The number of carbonyl (C=O) groups excluding carboxylic acids is 2. The van der Waals surface area contributed by atoms with Crippen LogP contribution in [0.2, 0.25) is 0 Å². The number of aliphatic hydroxyl groups excluding tert-OH is 1. The van der Waals surface area contributed by atoms with Gasteiger partial charge in [0.2, 0.25) is 10.0 Å². The molecule has 11 heteroatoms. The van der Waals surface area contributed by atoms with Crippen molar-refractivity contribution >= 4 is 27.6 Å². The molecular weight excluding hydrogens is 472 g/mol. The van der Waals surface area contributed by atoms with E-state index in [4.69, 9.17) is 4.74 Å². The van der Waals surface area contributed by atoms with Gasteiger partial charge < -0.3 is 25.4 Å². The Morgan fingerprint density at radius 3 is 2.60 bits per heavy atom. The summed E-state index contributed by atoms with van der Waals surface area (Å²) in [5.41, 5.74) is 0.698. The Morgan fingerprint density at radius 2 is 1.97 bits per heavy atom. The summed E-state index contributed by atoms with van der Waals surface area (Å²) in [5.74, 6) is -0.217. The second-order valence-corrected chi connectivity index (χ2v) is 11.9. The Labute approximate surface area is 208 Å².